The molecule has 6 heteroatoms. The average Bonchev–Trinajstić information content (AvgIpc) is 2.94. The van der Waals surface area contributed by atoms with Gasteiger partial charge in [0.15, 0.2) is 0 Å². The van der Waals surface area contributed by atoms with Crippen molar-refractivity contribution in [2.45, 2.75) is 39.7 Å². The number of fused-ring (bicyclic) bond motifs is 1. The van der Waals surface area contributed by atoms with Crippen molar-refractivity contribution in [1.82, 2.24) is 0 Å². The van der Waals surface area contributed by atoms with Crippen LogP contribution in [0.25, 0.3) is 0 Å². The Kier molecular flexibility index (Phi) is 5.29. The second kappa shape index (κ2) is 7.35. The number of hydrogen-bond donors (Lipinski definition) is 0. The first-order valence-corrected chi connectivity index (χ1v) is 11.0. The van der Waals surface area contributed by atoms with E-state index in [2.05, 4.69) is 0 Å². The smallest absolute Gasteiger partial charge is 0.248 e. The molecule has 1 aliphatic heterocycles. The van der Waals surface area contributed by atoms with Gasteiger partial charge in [-0.15, -0.1) is 0 Å². The fourth-order valence-electron chi connectivity index (χ4n) is 3.87. The number of hydrogen-bond acceptors (Lipinski definition) is 3. The van der Waals surface area contributed by atoms with Gasteiger partial charge in [-0.1, -0.05) is 43.3 Å². The molecule has 1 amide bonds. The van der Waals surface area contributed by atoms with Crippen LogP contribution in [0.15, 0.2) is 42.5 Å². The van der Waals surface area contributed by atoms with Crippen molar-refractivity contribution in [3.8, 4) is 0 Å². The lowest BCUT2D eigenvalue weighted by Crippen LogP contribution is -2.45. The molecule has 2 aromatic rings. The van der Waals surface area contributed by atoms with Gasteiger partial charge in [-0.2, -0.15) is 0 Å². The molecule has 0 aliphatic carbocycles. The molecule has 0 aromatic heterocycles. The Balaban J connectivity index is 1.99. The molecule has 2 aromatic carbocycles. The summed E-state index contributed by atoms with van der Waals surface area (Å²) in [6.07, 6.45) is 2.64. The van der Waals surface area contributed by atoms with Crippen LogP contribution in [0, 0.1) is 6.92 Å². The molecule has 144 valence electrons. The Morgan fingerprint density at radius 2 is 1.89 bits per heavy atom. The van der Waals surface area contributed by atoms with Gasteiger partial charge in [-0.05, 0) is 49.4 Å². The molecule has 0 radical (unpaired) electrons. The minimum atomic E-state index is -3.61. The van der Waals surface area contributed by atoms with Crippen molar-refractivity contribution in [2.24, 2.45) is 0 Å². The van der Waals surface area contributed by atoms with Gasteiger partial charge in [-0.3, -0.25) is 9.10 Å². The van der Waals surface area contributed by atoms with E-state index in [9.17, 15) is 13.2 Å². The zero-order valence-electron chi connectivity index (χ0n) is 16.3. The fraction of sp³-hybridized carbons (Fsp3) is 0.381. The molecule has 27 heavy (non-hydrogen) atoms. The molecule has 1 aliphatic rings. The van der Waals surface area contributed by atoms with E-state index in [-0.39, 0.29) is 18.5 Å². The quantitative estimate of drug-likeness (QED) is 0.792. The van der Waals surface area contributed by atoms with Crippen LogP contribution in [0.3, 0.4) is 0 Å². The van der Waals surface area contributed by atoms with Gasteiger partial charge in [0.05, 0.1) is 11.9 Å². The van der Waals surface area contributed by atoms with Gasteiger partial charge in [0.1, 0.15) is 6.54 Å². The zero-order valence-corrected chi connectivity index (χ0v) is 17.1. The van der Waals surface area contributed by atoms with E-state index in [0.29, 0.717) is 12.1 Å². The number of carbonyl (C=O) groups is 1. The zero-order chi connectivity index (χ0) is 19.8. The molecule has 0 saturated carbocycles. The molecule has 0 fully saturated rings. The van der Waals surface area contributed by atoms with Gasteiger partial charge in [-0.25, -0.2) is 8.42 Å². The lowest BCUT2D eigenvalue weighted by Gasteiger charge is -2.30. The SMILES string of the molecule is CCc1cccc(C)c1N(CC(=O)N1c2ccccc2CC1C)S(C)(=O)=O. The second-order valence-electron chi connectivity index (χ2n) is 7.15. The summed E-state index contributed by atoms with van der Waals surface area (Å²) in [5.41, 5.74) is 4.39. The van der Waals surface area contributed by atoms with E-state index in [0.717, 1.165) is 35.1 Å². The van der Waals surface area contributed by atoms with Crippen LogP contribution in [-0.4, -0.2) is 33.2 Å². The van der Waals surface area contributed by atoms with E-state index >= 15 is 0 Å². The molecule has 0 N–H and O–H groups in total. The topological polar surface area (TPSA) is 57.7 Å². The predicted molar refractivity (Wildman–Crippen MR) is 110 cm³/mol. The highest BCUT2D eigenvalue weighted by atomic mass is 32.2. The third kappa shape index (κ3) is 3.72. The number of rotatable bonds is 5. The number of para-hydroxylation sites is 2. The summed E-state index contributed by atoms with van der Waals surface area (Å²) in [6.45, 7) is 5.66. The molecular weight excluding hydrogens is 360 g/mol. The van der Waals surface area contributed by atoms with Crippen LogP contribution in [0.4, 0.5) is 11.4 Å². The number of aryl methyl sites for hydroxylation is 2. The van der Waals surface area contributed by atoms with Crippen molar-refractivity contribution in [3.05, 3.63) is 59.2 Å². The summed E-state index contributed by atoms with van der Waals surface area (Å²) < 4.78 is 26.4. The molecule has 0 bridgehead atoms. The summed E-state index contributed by atoms with van der Waals surface area (Å²) in [5, 5.41) is 0. The van der Waals surface area contributed by atoms with Gasteiger partial charge < -0.3 is 4.90 Å². The molecule has 1 unspecified atom stereocenters. The van der Waals surface area contributed by atoms with Gasteiger partial charge in [0, 0.05) is 11.7 Å². The molecule has 3 rings (SSSR count). The first-order chi connectivity index (χ1) is 12.7. The van der Waals surface area contributed by atoms with E-state index in [4.69, 9.17) is 0 Å². The van der Waals surface area contributed by atoms with Crippen molar-refractivity contribution >= 4 is 27.3 Å². The monoisotopic (exact) mass is 386 g/mol. The Morgan fingerprint density at radius 1 is 1.19 bits per heavy atom. The molecule has 0 saturated heterocycles. The van der Waals surface area contributed by atoms with Crippen molar-refractivity contribution in [3.63, 3.8) is 0 Å². The summed E-state index contributed by atoms with van der Waals surface area (Å²) in [6, 6.07) is 13.5. The minimum Gasteiger partial charge on any atom is -0.307 e. The predicted octanol–water partition coefficient (Wildman–Crippen LogP) is 3.30. The van der Waals surface area contributed by atoms with E-state index < -0.39 is 10.0 Å². The maximum absolute atomic E-state index is 13.2. The van der Waals surface area contributed by atoms with Gasteiger partial charge in [0.25, 0.3) is 0 Å². The molecule has 0 spiro atoms. The third-order valence-electron chi connectivity index (χ3n) is 5.11. The molecule has 5 nitrogen and oxygen atoms in total. The molecular formula is C21H26N2O3S. The van der Waals surface area contributed by atoms with Gasteiger partial charge >= 0.3 is 0 Å². The minimum absolute atomic E-state index is 0.0128. The first-order valence-electron chi connectivity index (χ1n) is 9.20. The Hall–Kier alpha value is -2.34. The first kappa shape index (κ1) is 19.4. The summed E-state index contributed by atoms with van der Waals surface area (Å²) in [7, 11) is -3.61. The number of sulfonamides is 1. The number of benzene rings is 2. The summed E-state index contributed by atoms with van der Waals surface area (Å²) in [4.78, 5) is 14.9. The Bertz CT molecular complexity index is 969. The van der Waals surface area contributed by atoms with Crippen molar-refractivity contribution in [2.75, 3.05) is 22.0 Å². The van der Waals surface area contributed by atoms with Crippen LogP contribution in [0.5, 0.6) is 0 Å². The van der Waals surface area contributed by atoms with E-state index in [1.165, 1.54) is 4.31 Å². The number of nitrogens with zero attached hydrogens (tertiary/aromatic N) is 2. The number of carbonyl (C=O) groups excluding carboxylic acids is 1. The Labute approximate surface area is 161 Å². The standard InChI is InChI=1S/C21H26N2O3S/c1-5-17-11-8-9-15(2)21(17)22(27(4,25)26)14-20(24)23-16(3)13-18-10-6-7-12-19(18)23/h6-12,16H,5,13-14H2,1-4H3. The fourth-order valence-corrected chi connectivity index (χ4v) is 4.81. The normalized spacial score (nSPS) is 16.3. The Morgan fingerprint density at radius 3 is 2.56 bits per heavy atom. The van der Waals surface area contributed by atoms with Gasteiger partial charge in [0.2, 0.25) is 15.9 Å². The summed E-state index contributed by atoms with van der Waals surface area (Å²) >= 11 is 0. The lowest BCUT2D eigenvalue weighted by molar-refractivity contribution is -0.117. The largest absolute Gasteiger partial charge is 0.307 e. The van der Waals surface area contributed by atoms with Crippen LogP contribution in [0.1, 0.15) is 30.5 Å². The van der Waals surface area contributed by atoms with Crippen molar-refractivity contribution < 1.29 is 13.2 Å². The van der Waals surface area contributed by atoms with Crippen LogP contribution in [0.2, 0.25) is 0 Å². The second-order valence-corrected chi connectivity index (χ2v) is 9.06. The number of anilines is 2. The molecule has 1 atom stereocenters. The lowest BCUT2D eigenvalue weighted by atomic mass is 10.1. The summed E-state index contributed by atoms with van der Waals surface area (Å²) in [5.74, 6) is -0.205. The maximum atomic E-state index is 13.2. The molecule has 1 heterocycles. The van der Waals surface area contributed by atoms with E-state index in [1.807, 2.05) is 63.2 Å². The highest BCUT2D eigenvalue weighted by Crippen LogP contribution is 2.33. The van der Waals surface area contributed by atoms with Crippen LogP contribution >= 0.6 is 0 Å². The number of amides is 1. The highest BCUT2D eigenvalue weighted by molar-refractivity contribution is 7.92. The third-order valence-corrected chi connectivity index (χ3v) is 6.22. The van der Waals surface area contributed by atoms with Crippen LogP contribution < -0.4 is 9.21 Å². The maximum Gasteiger partial charge on any atom is 0.248 e. The average molecular weight is 387 g/mol. The highest BCUT2D eigenvalue weighted by Gasteiger charge is 2.33. The van der Waals surface area contributed by atoms with Crippen molar-refractivity contribution in [1.29, 1.82) is 0 Å². The van der Waals surface area contributed by atoms with E-state index in [1.54, 1.807) is 4.90 Å². The van der Waals surface area contributed by atoms with Crippen LogP contribution in [-0.2, 0) is 27.7 Å².